The number of nitrogens with one attached hydrogen (secondary N) is 1. The summed E-state index contributed by atoms with van der Waals surface area (Å²) in [6.45, 7) is 2.07. The molecule has 0 saturated carbocycles. The number of benzene rings is 2. The highest BCUT2D eigenvalue weighted by Crippen LogP contribution is 2.29. The van der Waals surface area contributed by atoms with Crippen LogP contribution in [-0.2, 0) is 11.4 Å². The van der Waals surface area contributed by atoms with Crippen molar-refractivity contribution in [3.63, 3.8) is 0 Å². The number of carbonyl (C=O) groups excluding carboxylic acids is 1. The summed E-state index contributed by atoms with van der Waals surface area (Å²) in [5, 5.41) is 21.5. The molecule has 1 N–H and O–H groups in total. The maximum Gasteiger partial charge on any atom is 0.277 e. The number of non-ortho nitro benzene ring substituents is 1. The number of ether oxygens (including phenoxy) is 2. The van der Waals surface area contributed by atoms with Crippen LogP contribution in [0.3, 0.4) is 0 Å². The maximum atomic E-state index is 12.2. The average molecular weight is 430 g/mol. The van der Waals surface area contributed by atoms with Gasteiger partial charge in [0.05, 0.1) is 23.5 Å². The lowest BCUT2D eigenvalue weighted by molar-refractivity contribution is -0.384. The van der Waals surface area contributed by atoms with Crippen molar-refractivity contribution in [2.24, 2.45) is 0 Å². The van der Waals surface area contributed by atoms with Crippen molar-refractivity contribution in [1.29, 1.82) is 0 Å². The molecular weight excluding hydrogens is 412 g/mol. The van der Waals surface area contributed by atoms with Gasteiger partial charge in [0, 0.05) is 12.1 Å². The minimum atomic E-state index is -0.553. The van der Waals surface area contributed by atoms with Gasteiger partial charge in [0.25, 0.3) is 16.8 Å². The molecule has 11 heteroatoms. The molecule has 3 rings (SSSR count). The molecule has 1 aromatic heterocycles. The molecule has 0 saturated heterocycles. The van der Waals surface area contributed by atoms with Crippen molar-refractivity contribution in [3.8, 4) is 11.5 Å². The fraction of sp³-hybridized carbons (Fsp3) is 0.211. The van der Waals surface area contributed by atoms with E-state index in [1.165, 1.54) is 25.3 Å². The number of hydrogen-bond acceptors (Lipinski definition) is 9. The molecule has 0 aliphatic heterocycles. The molecule has 30 heavy (non-hydrogen) atoms. The van der Waals surface area contributed by atoms with Gasteiger partial charge in [-0.25, -0.2) is 0 Å². The van der Waals surface area contributed by atoms with Crippen molar-refractivity contribution in [3.05, 3.63) is 64.0 Å². The van der Waals surface area contributed by atoms with Gasteiger partial charge < -0.3 is 19.2 Å². The molecule has 0 aliphatic carbocycles. The van der Waals surface area contributed by atoms with Gasteiger partial charge in [-0.1, -0.05) is 23.9 Å². The van der Waals surface area contributed by atoms with Gasteiger partial charge in [0.15, 0.2) is 6.61 Å². The number of nitro groups is 1. The van der Waals surface area contributed by atoms with Crippen molar-refractivity contribution >= 4 is 29.0 Å². The summed E-state index contributed by atoms with van der Waals surface area (Å²) in [5.41, 5.74) is 1.12. The summed E-state index contributed by atoms with van der Waals surface area (Å²) in [6.07, 6.45) is 0. The minimum Gasteiger partial charge on any atom is -0.495 e. The van der Waals surface area contributed by atoms with Crippen LogP contribution in [0.25, 0.3) is 0 Å². The zero-order chi connectivity index (χ0) is 21.5. The molecule has 1 amide bonds. The zero-order valence-corrected chi connectivity index (χ0v) is 17.0. The van der Waals surface area contributed by atoms with E-state index in [0.29, 0.717) is 11.5 Å². The number of aromatic nitrogens is 2. The Balaban J connectivity index is 1.53. The summed E-state index contributed by atoms with van der Waals surface area (Å²) >= 11 is 1.03. The Morgan fingerprint density at radius 3 is 2.83 bits per heavy atom. The molecule has 2 aromatic carbocycles. The van der Waals surface area contributed by atoms with E-state index < -0.39 is 10.8 Å². The lowest BCUT2D eigenvalue weighted by Crippen LogP contribution is -2.15. The molecule has 3 aromatic rings. The Hall–Kier alpha value is -3.60. The molecule has 0 unspecified atom stereocenters. The van der Waals surface area contributed by atoms with Crippen molar-refractivity contribution in [1.82, 2.24) is 10.2 Å². The molecular formula is C19H18N4O6S. The molecule has 0 spiro atoms. The molecule has 0 fully saturated rings. The average Bonchev–Trinajstić information content (AvgIpc) is 3.18. The van der Waals surface area contributed by atoms with Crippen LogP contribution in [-0.4, -0.2) is 33.9 Å². The van der Waals surface area contributed by atoms with Crippen LogP contribution in [0, 0.1) is 17.0 Å². The second-order valence-corrected chi connectivity index (χ2v) is 6.97. The monoisotopic (exact) mass is 430 g/mol. The molecule has 156 valence electrons. The number of amides is 1. The van der Waals surface area contributed by atoms with E-state index in [1.807, 2.05) is 31.2 Å². The first-order valence-corrected chi connectivity index (χ1v) is 9.70. The van der Waals surface area contributed by atoms with E-state index in [-0.39, 0.29) is 34.8 Å². The Kier molecular flexibility index (Phi) is 6.86. The Morgan fingerprint density at radius 2 is 2.10 bits per heavy atom. The van der Waals surface area contributed by atoms with Crippen LogP contribution in [0.5, 0.6) is 11.5 Å². The summed E-state index contributed by atoms with van der Waals surface area (Å²) in [4.78, 5) is 22.6. The van der Waals surface area contributed by atoms with Crippen molar-refractivity contribution < 1.29 is 23.6 Å². The predicted octanol–water partition coefficient (Wildman–Crippen LogP) is 3.60. The van der Waals surface area contributed by atoms with Crippen molar-refractivity contribution in [2.45, 2.75) is 18.8 Å². The van der Waals surface area contributed by atoms with E-state index in [9.17, 15) is 14.9 Å². The van der Waals surface area contributed by atoms with E-state index in [2.05, 4.69) is 15.5 Å². The molecule has 1 heterocycles. The SMILES string of the molecule is COc1ccc([N+](=O)[O-])cc1NC(=O)CSc1nnc(COc2cccc(C)c2)o1. The third-order valence-corrected chi connectivity index (χ3v) is 4.61. The van der Waals surface area contributed by atoms with E-state index in [1.54, 1.807) is 0 Å². The fourth-order valence-electron chi connectivity index (χ4n) is 2.43. The lowest BCUT2D eigenvalue weighted by atomic mass is 10.2. The number of rotatable bonds is 9. The number of anilines is 1. The highest BCUT2D eigenvalue weighted by Gasteiger charge is 2.15. The smallest absolute Gasteiger partial charge is 0.277 e. The maximum absolute atomic E-state index is 12.2. The summed E-state index contributed by atoms with van der Waals surface area (Å²) in [7, 11) is 1.41. The fourth-order valence-corrected chi connectivity index (χ4v) is 3.01. The Morgan fingerprint density at radius 1 is 1.27 bits per heavy atom. The number of aryl methyl sites for hydroxylation is 1. The third-order valence-electron chi connectivity index (χ3n) is 3.79. The predicted molar refractivity (Wildman–Crippen MR) is 109 cm³/mol. The number of thioether (sulfide) groups is 1. The second kappa shape index (κ2) is 9.74. The first-order chi connectivity index (χ1) is 14.4. The standard InChI is InChI=1S/C19H18N4O6S/c1-12-4-3-5-14(8-12)28-10-18-21-22-19(29-18)30-11-17(24)20-15-9-13(23(25)26)6-7-16(15)27-2/h3-9H,10-11H2,1-2H3,(H,20,24). The highest BCUT2D eigenvalue weighted by molar-refractivity contribution is 7.99. The topological polar surface area (TPSA) is 130 Å². The third kappa shape index (κ3) is 5.70. The van der Waals surface area contributed by atoms with Crippen LogP contribution in [0.2, 0.25) is 0 Å². The Bertz CT molecular complexity index is 1060. The van der Waals surface area contributed by atoms with Gasteiger partial charge in [-0.3, -0.25) is 14.9 Å². The van der Waals surface area contributed by atoms with Gasteiger partial charge in [-0.15, -0.1) is 10.2 Å². The van der Waals surface area contributed by atoms with Gasteiger partial charge in [0.1, 0.15) is 11.5 Å². The summed E-state index contributed by atoms with van der Waals surface area (Å²) in [6, 6.07) is 11.5. The van der Waals surface area contributed by atoms with E-state index in [4.69, 9.17) is 13.9 Å². The molecule has 10 nitrogen and oxygen atoms in total. The Labute approximate surface area is 175 Å². The first-order valence-electron chi connectivity index (χ1n) is 8.71. The number of methoxy groups -OCH3 is 1. The number of hydrogen-bond donors (Lipinski definition) is 1. The van der Waals surface area contributed by atoms with Gasteiger partial charge in [-0.2, -0.15) is 0 Å². The van der Waals surface area contributed by atoms with Gasteiger partial charge in [0.2, 0.25) is 5.91 Å². The van der Waals surface area contributed by atoms with Crippen LogP contribution in [0.1, 0.15) is 11.5 Å². The highest BCUT2D eigenvalue weighted by atomic mass is 32.2. The zero-order valence-electron chi connectivity index (χ0n) is 16.2. The van der Waals surface area contributed by atoms with Crippen LogP contribution < -0.4 is 14.8 Å². The molecule has 0 atom stereocenters. The molecule has 0 aliphatic rings. The number of nitrogens with zero attached hydrogens (tertiary/aromatic N) is 3. The largest absolute Gasteiger partial charge is 0.495 e. The van der Waals surface area contributed by atoms with Crippen LogP contribution in [0.4, 0.5) is 11.4 Å². The number of nitro benzene ring substituents is 1. The number of carbonyl (C=O) groups is 1. The minimum absolute atomic E-state index is 0.0355. The van der Waals surface area contributed by atoms with Crippen molar-refractivity contribution in [2.75, 3.05) is 18.2 Å². The molecule has 0 bridgehead atoms. The second-order valence-electron chi connectivity index (χ2n) is 6.05. The molecule has 0 radical (unpaired) electrons. The van der Waals surface area contributed by atoms with Crippen LogP contribution >= 0.6 is 11.8 Å². The summed E-state index contributed by atoms with van der Waals surface area (Å²) in [5.74, 6) is 0.834. The quantitative estimate of drug-likeness (QED) is 0.307. The normalized spacial score (nSPS) is 10.5. The lowest BCUT2D eigenvalue weighted by Gasteiger charge is -2.09. The van der Waals surface area contributed by atoms with Gasteiger partial charge in [-0.05, 0) is 30.7 Å². The van der Waals surface area contributed by atoms with E-state index >= 15 is 0 Å². The summed E-state index contributed by atoms with van der Waals surface area (Å²) < 4.78 is 16.2. The van der Waals surface area contributed by atoms with Crippen LogP contribution in [0.15, 0.2) is 52.1 Å². The van der Waals surface area contributed by atoms with E-state index in [0.717, 1.165) is 17.3 Å². The van der Waals surface area contributed by atoms with Gasteiger partial charge >= 0.3 is 0 Å². The first kappa shape index (κ1) is 21.1.